The van der Waals surface area contributed by atoms with Crippen LogP contribution < -0.4 is 20.7 Å². The quantitative estimate of drug-likeness (QED) is 0.138. The lowest BCUT2D eigenvalue weighted by atomic mass is 10.1. The minimum absolute atomic E-state index is 0.581. The minimum Gasteiger partial charge on any atom is -0.309 e. The van der Waals surface area contributed by atoms with E-state index in [-0.39, 0.29) is 0 Å². The van der Waals surface area contributed by atoms with Gasteiger partial charge in [0.25, 0.3) is 0 Å². The largest absolute Gasteiger partial charge is 0.309 e. The number of nitriles is 3. The molecule has 0 bridgehead atoms. The van der Waals surface area contributed by atoms with Gasteiger partial charge in [0.05, 0.1) is 45.9 Å². The van der Waals surface area contributed by atoms with E-state index in [1.54, 1.807) is 0 Å². The first-order valence-corrected chi connectivity index (χ1v) is 18.4. The molecule has 0 saturated heterocycles. The molecule has 8 aromatic rings. The van der Waals surface area contributed by atoms with Crippen molar-refractivity contribution in [3.63, 3.8) is 0 Å². The molecule has 232 valence electrons. The second-order valence-corrected chi connectivity index (χ2v) is 16.1. The molecular formula is C45H28N4Si. The average molecular weight is 653 g/mol. The molecule has 1 aromatic heterocycles. The van der Waals surface area contributed by atoms with Gasteiger partial charge in [-0.3, -0.25) is 0 Å². The SMILES string of the molecule is N#Cc1ccc([Si](c2ccccc2)(c2ccccc2)c2ccccc2-c2ccc(-n3c4ccc(C#N)cc4c4cc(C#N)ccc43)cc2)cc1. The molecule has 0 aliphatic carbocycles. The molecule has 50 heavy (non-hydrogen) atoms. The normalized spacial score (nSPS) is 11.1. The molecule has 0 radical (unpaired) electrons. The van der Waals surface area contributed by atoms with Crippen molar-refractivity contribution in [1.82, 2.24) is 4.57 Å². The second kappa shape index (κ2) is 12.6. The van der Waals surface area contributed by atoms with E-state index in [1.807, 2.05) is 48.5 Å². The van der Waals surface area contributed by atoms with Gasteiger partial charge in [0.15, 0.2) is 8.07 Å². The zero-order chi connectivity index (χ0) is 34.1. The molecule has 0 spiro atoms. The summed E-state index contributed by atoms with van der Waals surface area (Å²) >= 11 is 0. The van der Waals surface area contributed by atoms with Crippen LogP contribution in [0, 0.1) is 34.0 Å². The van der Waals surface area contributed by atoms with Crippen LogP contribution >= 0.6 is 0 Å². The zero-order valence-corrected chi connectivity index (χ0v) is 28.0. The molecule has 7 aromatic carbocycles. The van der Waals surface area contributed by atoms with E-state index in [0.717, 1.165) is 38.6 Å². The van der Waals surface area contributed by atoms with Crippen LogP contribution in [0.25, 0.3) is 38.6 Å². The number of nitrogens with zero attached hydrogens (tertiary/aromatic N) is 4. The fraction of sp³-hybridized carbons (Fsp3) is 0. The lowest BCUT2D eigenvalue weighted by Gasteiger charge is -2.36. The van der Waals surface area contributed by atoms with Gasteiger partial charge in [-0.15, -0.1) is 0 Å². The van der Waals surface area contributed by atoms with Crippen molar-refractivity contribution in [2.75, 3.05) is 0 Å². The molecular weight excluding hydrogens is 625 g/mol. The highest BCUT2D eigenvalue weighted by Gasteiger charge is 2.42. The van der Waals surface area contributed by atoms with Crippen LogP contribution in [0.2, 0.25) is 0 Å². The van der Waals surface area contributed by atoms with Gasteiger partial charge in [-0.05, 0) is 92.5 Å². The lowest BCUT2D eigenvalue weighted by Crippen LogP contribution is -2.75. The Hall–Kier alpha value is -6.97. The number of hydrogen-bond donors (Lipinski definition) is 0. The van der Waals surface area contributed by atoms with Crippen molar-refractivity contribution < 1.29 is 0 Å². The van der Waals surface area contributed by atoms with Crippen molar-refractivity contribution >= 4 is 50.6 Å². The van der Waals surface area contributed by atoms with Gasteiger partial charge in [0, 0.05) is 16.5 Å². The Balaban J connectivity index is 1.35. The van der Waals surface area contributed by atoms with Crippen molar-refractivity contribution in [2.24, 2.45) is 0 Å². The lowest BCUT2D eigenvalue weighted by molar-refractivity contribution is 1.18. The molecule has 0 amide bonds. The maximum Gasteiger partial charge on any atom is 0.180 e. The Morgan fingerprint density at radius 1 is 0.420 bits per heavy atom. The molecule has 5 heteroatoms. The molecule has 0 fully saturated rings. The summed E-state index contributed by atoms with van der Waals surface area (Å²) in [6.07, 6.45) is 0. The van der Waals surface area contributed by atoms with Gasteiger partial charge in [-0.1, -0.05) is 109 Å². The van der Waals surface area contributed by atoms with E-state index < -0.39 is 8.07 Å². The monoisotopic (exact) mass is 652 g/mol. The number of fused-ring (bicyclic) bond motifs is 3. The molecule has 0 aliphatic rings. The van der Waals surface area contributed by atoms with E-state index in [2.05, 4.69) is 144 Å². The standard InChI is InChI=1S/C45H28N4Si/c46-29-32-15-23-39(24-16-32)50(37-9-3-1-4-10-37,38-11-5-2-6-12-38)45-14-8-7-13-40(45)35-19-21-36(22-20-35)49-43-25-17-33(30-47)27-41(43)42-28-34(31-48)18-26-44(42)49/h1-28H. The van der Waals surface area contributed by atoms with E-state index in [4.69, 9.17) is 0 Å². The highest BCUT2D eigenvalue weighted by Crippen LogP contribution is 2.34. The summed E-state index contributed by atoms with van der Waals surface area (Å²) in [6, 6.07) is 65.4. The molecule has 4 nitrogen and oxygen atoms in total. The van der Waals surface area contributed by atoms with Gasteiger partial charge >= 0.3 is 0 Å². The maximum atomic E-state index is 9.66. The van der Waals surface area contributed by atoms with E-state index in [9.17, 15) is 15.8 Å². The van der Waals surface area contributed by atoms with Crippen LogP contribution in [-0.4, -0.2) is 12.6 Å². The smallest absolute Gasteiger partial charge is 0.180 e. The van der Waals surface area contributed by atoms with Crippen molar-refractivity contribution in [2.45, 2.75) is 0 Å². The third-order valence-electron chi connectivity index (χ3n) is 9.65. The van der Waals surface area contributed by atoms with Crippen molar-refractivity contribution in [3.8, 4) is 35.0 Å². The second-order valence-electron chi connectivity index (χ2n) is 12.3. The van der Waals surface area contributed by atoms with Crippen LogP contribution in [-0.2, 0) is 0 Å². The predicted molar refractivity (Wildman–Crippen MR) is 204 cm³/mol. The zero-order valence-electron chi connectivity index (χ0n) is 27.0. The predicted octanol–water partition coefficient (Wildman–Crippen LogP) is 7.44. The summed E-state index contributed by atoms with van der Waals surface area (Å²) in [6.45, 7) is 0. The summed E-state index contributed by atoms with van der Waals surface area (Å²) in [5.41, 5.74) is 6.99. The molecule has 0 unspecified atom stereocenters. The number of benzene rings is 7. The van der Waals surface area contributed by atoms with Gasteiger partial charge in [0.1, 0.15) is 0 Å². The first kappa shape index (κ1) is 30.4. The highest BCUT2D eigenvalue weighted by molar-refractivity contribution is 7.20. The maximum absolute atomic E-state index is 9.66. The molecule has 0 saturated carbocycles. The Morgan fingerprint density at radius 3 is 1.40 bits per heavy atom. The fourth-order valence-electron chi connectivity index (χ4n) is 7.43. The van der Waals surface area contributed by atoms with Gasteiger partial charge in [-0.25, -0.2) is 0 Å². The molecule has 0 aliphatic heterocycles. The van der Waals surface area contributed by atoms with E-state index >= 15 is 0 Å². The summed E-state index contributed by atoms with van der Waals surface area (Å²) in [5, 5.41) is 35.8. The Bertz CT molecular complexity index is 2540. The molecule has 0 atom stereocenters. The van der Waals surface area contributed by atoms with Crippen LogP contribution in [0.4, 0.5) is 0 Å². The van der Waals surface area contributed by atoms with Crippen molar-refractivity contribution in [1.29, 1.82) is 15.8 Å². The van der Waals surface area contributed by atoms with Crippen LogP contribution in [0.3, 0.4) is 0 Å². The number of rotatable bonds is 6. The van der Waals surface area contributed by atoms with Crippen LogP contribution in [0.1, 0.15) is 16.7 Å². The summed E-state index contributed by atoms with van der Waals surface area (Å²) < 4.78 is 2.20. The highest BCUT2D eigenvalue weighted by atomic mass is 28.3. The average Bonchev–Trinajstić information content (AvgIpc) is 3.52. The summed E-state index contributed by atoms with van der Waals surface area (Å²) in [4.78, 5) is 0. The van der Waals surface area contributed by atoms with E-state index in [1.165, 1.54) is 20.7 Å². The third-order valence-corrected chi connectivity index (χ3v) is 14.5. The van der Waals surface area contributed by atoms with Crippen molar-refractivity contribution in [3.05, 3.63) is 187 Å². The first-order valence-electron chi connectivity index (χ1n) is 16.4. The van der Waals surface area contributed by atoms with Crippen LogP contribution in [0.5, 0.6) is 0 Å². The van der Waals surface area contributed by atoms with Gasteiger partial charge < -0.3 is 4.57 Å². The fourth-order valence-corrected chi connectivity index (χ4v) is 12.4. The Labute approximate surface area is 291 Å². The molecule has 0 N–H and O–H groups in total. The van der Waals surface area contributed by atoms with E-state index in [0.29, 0.717) is 16.7 Å². The number of hydrogen-bond acceptors (Lipinski definition) is 3. The molecule has 8 rings (SSSR count). The Morgan fingerprint density at radius 2 is 0.880 bits per heavy atom. The van der Waals surface area contributed by atoms with Crippen LogP contribution in [0.15, 0.2) is 170 Å². The summed E-state index contributed by atoms with van der Waals surface area (Å²) in [7, 11) is -2.89. The van der Waals surface area contributed by atoms with Gasteiger partial charge in [-0.2, -0.15) is 15.8 Å². The topological polar surface area (TPSA) is 76.3 Å². The minimum atomic E-state index is -2.89. The third kappa shape index (κ3) is 4.88. The molecule has 1 heterocycles. The number of aromatic nitrogens is 1. The first-order chi connectivity index (χ1) is 24.6. The summed E-state index contributed by atoms with van der Waals surface area (Å²) in [5.74, 6) is 0. The van der Waals surface area contributed by atoms with Gasteiger partial charge in [0.2, 0.25) is 0 Å². The Kier molecular flexibility index (Phi) is 7.63.